The lowest BCUT2D eigenvalue weighted by molar-refractivity contribution is -0.132. The Hall–Kier alpha value is -1.57. The molecule has 1 aromatic rings. The van der Waals surface area contributed by atoms with Gasteiger partial charge in [-0.15, -0.1) is 0 Å². The van der Waals surface area contributed by atoms with Crippen LogP contribution in [0.5, 0.6) is 0 Å². The normalized spacial score (nSPS) is 14.6. The maximum Gasteiger partial charge on any atom is 0.331 e. The molecule has 0 bridgehead atoms. The third kappa shape index (κ3) is 2.01. The first-order valence-electron chi connectivity index (χ1n) is 5.64. The summed E-state index contributed by atoms with van der Waals surface area (Å²) in [6.45, 7) is 4.29. The molecule has 0 aromatic heterocycles. The number of aryl methyl sites for hydroxylation is 1. The highest BCUT2D eigenvalue weighted by Crippen LogP contribution is 2.27. The number of carboxylic acid groups (broad SMARTS) is 1. The number of aliphatic carboxylic acids is 1. The average molecular weight is 216 g/mol. The molecule has 1 aliphatic carbocycles. The van der Waals surface area contributed by atoms with E-state index >= 15 is 0 Å². The third-order valence-corrected chi connectivity index (χ3v) is 3.10. The number of carbonyl (C=O) groups is 1. The maximum absolute atomic E-state index is 10.9. The summed E-state index contributed by atoms with van der Waals surface area (Å²) in [5.41, 5.74) is 4.12. The van der Waals surface area contributed by atoms with E-state index in [1.807, 2.05) is 6.08 Å². The van der Waals surface area contributed by atoms with Crippen molar-refractivity contribution in [1.82, 2.24) is 0 Å². The Morgan fingerprint density at radius 1 is 1.31 bits per heavy atom. The number of fused-ring (bicyclic) bond motifs is 1. The van der Waals surface area contributed by atoms with Crippen molar-refractivity contribution < 1.29 is 9.90 Å². The molecule has 1 N–H and O–H groups in total. The number of carboxylic acids is 1. The third-order valence-electron chi connectivity index (χ3n) is 3.10. The van der Waals surface area contributed by atoms with Crippen molar-refractivity contribution in [2.24, 2.45) is 0 Å². The second-order valence-corrected chi connectivity index (χ2v) is 4.59. The summed E-state index contributed by atoms with van der Waals surface area (Å²) in [6, 6.07) is 6.38. The van der Waals surface area contributed by atoms with Crippen LogP contribution in [0.2, 0.25) is 0 Å². The van der Waals surface area contributed by atoms with Gasteiger partial charge in [0.2, 0.25) is 0 Å². The van der Waals surface area contributed by atoms with Crippen LogP contribution in [0.4, 0.5) is 0 Å². The van der Waals surface area contributed by atoms with Gasteiger partial charge in [0, 0.05) is 5.57 Å². The number of benzene rings is 1. The van der Waals surface area contributed by atoms with Gasteiger partial charge in [0.25, 0.3) is 0 Å². The van der Waals surface area contributed by atoms with E-state index in [9.17, 15) is 4.79 Å². The van der Waals surface area contributed by atoms with Gasteiger partial charge in [-0.1, -0.05) is 32.0 Å². The monoisotopic (exact) mass is 216 g/mol. The van der Waals surface area contributed by atoms with Crippen LogP contribution in [-0.2, 0) is 11.2 Å². The summed E-state index contributed by atoms with van der Waals surface area (Å²) in [6.07, 6.45) is 3.29. The summed E-state index contributed by atoms with van der Waals surface area (Å²) >= 11 is 0. The fourth-order valence-electron chi connectivity index (χ4n) is 2.03. The van der Waals surface area contributed by atoms with Crippen molar-refractivity contribution in [3.05, 3.63) is 40.5 Å². The highest BCUT2D eigenvalue weighted by molar-refractivity contribution is 5.93. The minimum atomic E-state index is -0.791. The van der Waals surface area contributed by atoms with Crippen molar-refractivity contribution in [3.8, 4) is 0 Å². The molecule has 16 heavy (non-hydrogen) atoms. The zero-order chi connectivity index (χ0) is 11.7. The molecule has 0 saturated heterocycles. The fourth-order valence-corrected chi connectivity index (χ4v) is 2.03. The largest absolute Gasteiger partial charge is 0.478 e. The average Bonchev–Trinajstić information content (AvgIpc) is 2.27. The molecule has 0 heterocycles. The summed E-state index contributed by atoms with van der Waals surface area (Å²) < 4.78 is 0. The molecular formula is C14H16O2. The van der Waals surface area contributed by atoms with Crippen LogP contribution in [0, 0.1) is 0 Å². The molecule has 0 aliphatic heterocycles. The quantitative estimate of drug-likeness (QED) is 0.824. The molecule has 1 aliphatic rings. The lowest BCUT2D eigenvalue weighted by atomic mass is 9.89. The zero-order valence-corrected chi connectivity index (χ0v) is 9.66. The first-order valence-corrected chi connectivity index (χ1v) is 5.64. The Balaban J connectivity index is 2.43. The molecule has 0 amide bonds. The van der Waals surface area contributed by atoms with Crippen molar-refractivity contribution >= 4 is 12.0 Å². The molecule has 0 fully saturated rings. The number of hydrogen-bond acceptors (Lipinski definition) is 1. The first kappa shape index (κ1) is 10.9. The van der Waals surface area contributed by atoms with E-state index in [2.05, 4.69) is 32.0 Å². The Bertz CT molecular complexity index is 456. The van der Waals surface area contributed by atoms with Crippen LogP contribution in [0.3, 0.4) is 0 Å². The van der Waals surface area contributed by atoms with Gasteiger partial charge in [-0.3, -0.25) is 0 Å². The number of rotatable bonds is 2. The van der Waals surface area contributed by atoms with Crippen molar-refractivity contribution in [3.63, 3.8) is 0 Å². The van der Waals surface area contributed by atoms with Crippen molar-refractivity contribution in [2.75, 3.05) is 0 Å². The minimum absolute atomic E-state index is 0.480. The summed E-state index contributed by atoms with van der Waals surface area (Å²) in [5, 5.41) is 8.97. The highest BCUT2D eigenvalue weighted by Gasteiger charge is 2.15. The van der Waals surface area contributed by atoms with E-state index in [-0.39, 0.29) is 0 Å². The predicted octanol–water partition coefficient (Wildman–Crippen LogP) is 3.22. The molecule has 2 heteroatoms. The number of hydrogen-bond donors (Lipinski definition) is 1. The van der Waals surface area contributed by atoms with E-state index in [0.29, 0.717) is 17.9 Å². The molecule has 0 saturated carbocycles. The van der Waals surface area contributed by atoms with E-state index in [1.54, 1.807) is 0 Å². The molecule has 2 rings (SSSR count). The van der Waals surface area contributed by atoms with Crippen LogP contribution in [0.1, 0.15) is 42.9 Å². The standard InChI is InChI=1S/C14H16O2/c1-9(2)11-5-3-10-4-6-12(14(15)16)8-13(10)7-11/h3,5,7-9H,4,6H2,1-2H3,(H,15,16). The Morgan fingerprint density at radius 2 is 2.06 bits per heavy atom. The summed E-state index contributed by atoms with van der Waals surface area (Å²) in [5.74, 6) is -0.311. The van der Waals surface area contributed by atoms with Gasteiger partial charge >= 0.3 is 5.97 Å². The Kier molecular flexibility index (Phi) is 2.82. The Labute approximate surface area is 95.6 Å². The molecule has 0 unspecified atom stereocenters. The lowest BCUT2D eigenvalue weighted by Gasteiger charge is -2.16. The van der Waals surface area contributed by atoms with Crippen molar-refractivity contribution in [2.45, 2.75) is 32.6 Å². The fraction of sp³-hybridized carbons (Fsp3) is 0.357. The minimum Gasteiger partial charge on any atom is -0.478 e. The van der Waals surface area contributed by atoms with Crippen LogP contribution in [-0.4, -0.2) is 11.1 Å². The van der Waals surface area contributed by atoms with Gasteiger partial charge in [0.05, 0.1) is 0 Å². The molecule has 2 nitrogen and oxygen atoms in total. The topological polar surface area (TPSA) is 37.3 Å². The first-order chi connectivity index (χ1) is 7.58. The molecular weight excluding hydrogens is 200 g/mol. The van der Waals surface area contributed by atoms with Gasteiger partial charge in [0.15, 0.2) is 0 Å². The van der Waals surface area contributed by atoms with Gasteiger partial charge in [-0.25, -0.2) is 4.79 Å². The van der Waals surface area contributed by atoms with Crippen molar-refractivity contribution in [1.29, 1.82) is 0 Å². The Morgan fingerprint density at radius 3 is 2.69 bits per heavy atom. The maximum atomic E-state index is 10.9. The second-order valence-electron chi connectivity index (χ2n) is 4.59. The summed E-state index contributed by atoms with van der Waals surface area (Å²) in [4.78, 5) is 10.9. The molecule has 1 aromatic carbocycles. The van der Waals surface area contributed by atoms with Gasteiger partial charge in [-0.05, 0) is 41.5 Å². The summed E-state index contributed by atoms with van der Waals surface area (Å²) in [7, 11) is 0. The highest BCUT2D eigenvalue weighted by atomic mass is 16.4. The van der Waals surface area contributed by atoms with Gasteiger partial charge in [-0.2, -0.15) is 0 Å². The lowest BCUT2D eigenvalue weighted by Crippen LogP contribution is -2.07. The van der Waals surface area contributed by atoms with E-state index in [1.165, 1.54) is 11.1 Å². The van der Waals surface area contributed by atoms with Crippen LogP contribution in [0.15, 0.2) is 23.8 Å². The molecule has 0 radical (unpaired) electrons. The second kappa shape index (κ2) is 4.12. The molecule has 84 valence electrons. The molecule has 0 atom stereocenters. The van der Waals surface area contributed by atoms with Gasteiger partial charge < -0.3 is 5.11 Å². The van der Waals surface area contributed by atoms with E-state index in [4.69, 9.17) is 5.11 Å². The van der Waals surface area contributed by atoms with Gasteiger partial charge in [0.1, 0.15) is 0 Å². The van der Waals surface area contributed by atoms with E-state index in [0.717, 1.165) is 12.0 Å². The van der Waals surface area contributed by atoms with Crippen LogP contribution in [0.25, 0.3) is 6.08 Å². The SMILES string of the molecule is CC(C)c1ccc2c(c1)C=C(C(=O)O)CC2. The molecule has 0 spiro atoms. The zero-order valence-electron chi connectivity index (χ0n) is 9.66. The van der Waals surface area contributed by atoms with Crippen LogP contribution >= 0.6 is 0 Å². The smallest absolute Gasteiger partial charge is 0.331 e. The van der Waals surface area contributed by atoms with Crippen LogP contribution < -0.4 is 0 Å². The predicted molar refractivity (Wildman–Crippen MR) is 64.5 cm³/mol. The van der Waals surface area contributed by atoms with E-state index < -0.39 is 5.97 Å².